The Morgan fingerprint density at radius 2 is 1.77 bits per heavy atom. The van der Waals surface area contributed by atoms with Gasteiger partial charge >= 0.3 is 0 Å². The maximum atomic E-state index is 12.8. The molecule has 26 heavy (non-hydrogen) atoms. The van der Waals surface area contributed by atoms with Gasteiger partial charge in [0, 0.05) is 24.2 Å². The average molecular weight is 355 g/mol. The highest BCUT2D eigenvalue weighted by molar-refractivity contribution is 6.22. The highest BCUT2D eigenvalue weighted by Crippen LogP contribution is 2.31. The number of carbonyl (C=O) groups excluding carboxylic acids is 3. The standard InChI is InChI=1S/C20H25N3O3/c24-18(22-14-5-4-10-21-12-14)13-8-9-16-17(11-13)20(26)23(19(16)25)15-6-2-1-3-7-15/h8-9,11,14-15,21H,1-7,10,12H2,(H,22,24). The van der Waals surface area contributed by atoms with Crippen molar-refractivity contribution in [1.29, 1.82) is 0 Å². The molecule has 2 fully saturated rings. The molecule has 1 aliphatic carbocycles. The summed E-state index contributed by atoms with van der Waals surface area (Å²) in [7, 11) is 0. The number of rotatable bonds is 3. The van der Waals surface area contributed by atoms with Crippen LogP contribution in [0, 0.1) is 0 Å². The topological polar surface area (TPSA) is 78.5 Å². The van der Waals surface area contributed by atoms with E-state index in [2.05, 4.69) is 10.6 Å². The van der Waals surface area contributed by atoms with E-state index in [9.17, 15) is 14.4 Å². The maximum Gasteiger partial charge on any atom is 0.261 e. The largest absolute Gasteiger partial charge is 0.348 e. The number of carbonyl (C=O) groups is 3. The van der Waals surface area contributed by atoms with Crippen molar-refractivity contribution < 1.29 is 14.4 Å². The maximum absolute atomic E-state index is 12.8. The molecule has 1 aromatic rings. The van der Waals surface area contributed by atoms with Gasteiger partial charge in [-0.15, -0.1) is 0 Å². The lowest BCUT2D eigenvalue weighted by Gasteiger charge is -2.29. The van der Waals surface area contributed by atoms with Gasteiger partial charge < -0.3 is 10.6 Å². The molecule has 0 spiro atoms. The Morgan fingerprint density at radius 1 is 1.00 bits per heavy atom. The lowest BCUT2D eigenvalue weighted by molar-refractivity contribution is 0.0549. The Hall–Kier alpha value is -2.21. The zero-order valence-corrected chi connectivity index (χ0v) is 14.9. The third-order valence-corrected chi connectivity index (χ3v) is 5.75. The summed E-state index contributed by atoms with van der Waals surface area (Å²) in [4.78, 5) is 39.5. The van der Waals surface area contributed by atoms with Crippen LogP contribution in [0.2, 0.25) is 0 Å². The molecule has 1 saturated heterocycles. The number of hydrogen-bond acceptors (Lipinski definition) is 4. The number of piperidine rings is 1. The molecule has 3 amide bonds. The average Bonchev–Trinajstić information content (AvgIpc) is 2.93. The van der Waals surface area contributed by atoms with Gasteiger partial charge in [-0.05, 0) is 50.4 Å². The van der Waals surface area contributed by atoms with Crippen molar-refractivity contribution in [2.75, 3.05) is 13.1 Å². The molecule has 1 aromatic carbocycles. The molecule has 0 aromatic heterocycles. The molecule has 2 heterocycles. The number of nitrogens with zero attached hydrogens (tertiary/aromatic N) is 1. The van der Waals surface area contributed by atoms with Gasteiger partial charge in [-0.2, -0.15) is 0 Å². The van der Waals surface area contributed by atoms with Crippen LogP contribution in [0.25, 0.3) is 0 Å². The zero-order chi connectivity index (χ0) is 18.1. The number of imide groups is 1. The van der Waals surface area contributed by atoms with Crippen LogP contribution in [0.3, 0.4) is 0 Å². The molecule has 138 valence electrons. The Kier molecular flexibility index (Phi) is 4.76. The smallest absolute Gasteiger partial charge is 0.261 e. The molecule has 1 unspecified atom stereocenters. The summed E-state index contributed by atoms with van der Waals surface area (Å²) < 4.78 is 0. The first-order valence-electron chi connectivity index (χ1n) is 9.68. The first kappa shape index (κ1) is 17.2. The highest BCUT2D eigenvalue weighted by Gasteiger charge is 2.40. The molecule has 0 bridgehead atoms. The van der Waals surface area contributed by atoms with Gasteiger partial charge in [0.2, 0.25) is 0 Å². The number of nitrogens with one attached hydrogen (secondary N) is 2. The van der Waals surface area contributed by atoms with E-state index in [1.165, 1.54) is 11.3 Å². The summed E-state index contributed by atoms with van der Waals surface area (Å²) in [5.41, 5.74) is 1.24. The summed E-state index contributed by atoms with van der Waals surface area (Å²) in [5.74, 6) is -0.635. The highest BCUT2D eigenvalue weighted by atomic mass is 16.2. The monoisotopic (exact) mass is 355 g/mol. The van der Waals surface area contributed by atoms with Gasteiger partial charge in [0.25, 0.3) is 17.7 Å². The third kappa shape index (κ3) is 3.14. The van der Waals surface area contributed by atoms with Crippen LogP contribution < -0.4 is 10.6 Å². The van der Waals surface area contributed by atoms with Crippen LogP contribution in [0.15, 0.2) is 18.2 Å². The van der Waals surface area contributed by atoms with E-state index in [1.54, 1.807) is 18.2 Å². The summed E-state index contributed by atoms with van der Waals surface area (Å²) in [6.07, 6.45) is 7.04. The molecule has 2 N–H and O–H groups in total. The zero-order valence-electron chi connectivity index (χ0n) is 14.9. The minimum absolute atomic E-state index is 0.00161. The first-order valence-corrected chi connectivity index (χ1v) is 9.68. The van der Waals surface area contributed by atoms with Crippen LogP contribution in [-0.4, -0.2) is 47.8 Å². The fourth-order valence-corrected chi connectivity index (χ4v) is 4.32. The number of fused-ring (bicyclic) bond motifs is 1. The predicted molar refractivity (Wildman–Crippen MR) is 97.2 cm³/mol. The van der Waals surface area contributed by atoms with Crippen LogP contribution in [0.4, 0.5) is 0 Å². The second-order valence-corrected chi connectivity index (χ2v) is 7.55. The van der Waals surface area contributed by atoms with E-state index in [0.29, 0.717) is 16.7 Å². The molecule has 6 heteroatoms. The van der Waals surface area contributed by atoms with Gasteiger partial charge in [-0.25, -0.2) is 0 Å². The van der Waals surface area contributed by atoms with Crippen LogP contribution in [-0.2, 0) is 0 Å². The molecular weight excluding hydrogens is 330 g/mol. The third-order valence-electron chi connectivity index (χ3n) is 5.75. The van der Waals surface area contributed by atoms with Gasteiger partial charge in [-0.1, -0.05) is 19.3 Å². The molecule has 2 aliphatic heterocycles. The van der Waals surface area contributed by atoms with Crippen molar-refractivity contribution in [1.82, 2.24) is 15.5 Å². The van der Waals surface area contributed by atoms with Crippen molar-refractivity contribution >= 4 is 17.7 Å². The molecule has 3 aliphatic rings. The van der Waals surface area contributed by atoms with E-state index in [0.717, 1.165) is 51.6 Å². The quantitative estimate of drug-likeness (QED) is 0.814. The molecular formula is C20H25N3O3. The van der Waals surface area contributed by atoms with E-state index in [4.69, 9.17) is 0 Å². The van der Waals surface area contributed by atoms with E-state index < -0.39 is 0 Å². The Morgan fingerprint density at radius 3 is 2.50 bits per heavy atom. The van der Waals surface area contributed by atoms with Gasteiger partial charge in [-0.3, -0.25) is 19.3 Å². The van der Waals surface area contributed by atoms with E-state index in [-0.39, 0.29) is 29.8 Å². The summed E-state index contributed by atoms with van der Waals surface area (Å²) in [5, 5.41) is 6.28. The normalized spacial score (nSPS) is 23.8. The van der Waals surface area contributed by atoms with Gasteiger partial charge in [0.15, 0.2) is 0 Å². The molecule has 0 radical (unpaired) electrons. The minimum atomic E-state index is -0.245. The summed E-state index contributed by atoms with van der Waals surface area (Å²) >= 11 is 0. The van der Waals surface area contributed by atoms with Crippen LogP contribution in [0.1, 0.15) is 76.0 Å². The second-order valence-electron chi connectivity index (χ2n) is 7.55. The van der Waals surface area contributed by atoms with Crippen molar-refractivity contribution in [3.63, 3.8) is 0 Å². The number of benzene rings is 1. The van der Waals surface area contributed by atoms with Crippen LogP contribution >= 0.6 is 0 Å². The molecule has 6 nitrogen and oxygen atoms in total. The van der Waals surface area contributed by atoms with Crippen LogP contribution in [0.5, 0.6) is 0 Å². The summed E-state index contributed by atoms with van der Waals surface area (Å²) in [6.45, 7) is 1.75. The molecule has 4 rings (SSSR count). The number of hydrogen-bond donors (Lipinski definition) is 2. The number of amides is 3. The van der Waals surface area contributed by atoms with E-state index in [1.807, 2.05) is 0 Å². The molecule has 1 saturated carbocycles. The van der Waals surface area contributed by atoms with Crippen molar-refractivity contribution in [2.24, 2.45) is 0 Å². The van der Waals surface area contributed by atoms with Crippen molar-refractivity contribution in [3.05, 3.63) is 34.9 Å². The fourth-order valence-electron chi connectivity index (χ4n) is 4.32. The minimum Gasteiger partial charge on any atom is -0.348 e. The lowest BCUT2D eigenvalue weighted by atomic mass is 9.94. The second kappa shape index (κ2) is 7.19. The Labute approximate surface area is 153 Å². The van der Waals surface area contributed by atoms with E-state index >= 15 is 0 Å². The summed E-state index contributed by atoms with van der Waals surface area (Å²) in [6, 6.07) is 4.98. The SMILES string of the molecule is O=C(NC1CCCNC1)c1ccc2c(c1)C(=O)N(C1CCCCC1)C2=O. The first-order chi connectivity index (χ1) is 12.6. The predicted octanol–water partition coefficient (Wildman–Crippen LogP) is 2.10. The Bertz CT molecular complexity index is 734. The fraction of sp³-hybridized carbons (Fsp3) is 0.550. The van der Waals surface area contributed by atoms with Crippen molar-refractivity contribution in [3.8, 4) is 0 Å². The lowest BCUT2D eigenvalue weighted by Crippen LogP contribution is -2.45. The molecule has 1 atom stereocenters. The Balaban J connectivity index is 1.52. The van der Waals surface area contributed by atoms with Gasteiger partial charge in [0.05, 0.1) is 11.1 Å². The van der Waals surface area contributed by atoms with Crippen molar-refractivity contribution in [2.45, 2.75) is 57.0 Å². The van der Waals surface area contributed by atoms with Gasteiger partial charge in [0.1, 0.15) is 0 Å².